The van der Waals surface area contributed by atoms with Crippen LogP contribution in [0.5, 0.6) is 0 Å². The molecular formula is C21H18BrF3N2O3S. The third-order valence-electron chi connectivity index (χ3n) is 4.72. The summed E-state index contributed by atoms with van der Waals surface area (Å²) in [6, 6.07) is 11.0. The molecule has 0 spiro atoms. The van der Waals surface area contributed by atoms with Crippen LogP contribution in [0.3, 0.4) is 0 Å². The molecule has 2 aromatic carbocycles. The number of anilines is 1. The van der Waals surface area contributed by atoms with Gasteiger partial charge in [0.1, 0.15) is 0 Å². The van der Waals surface area contributed by atoms with Crippen molar-refractivity contribution in [1.29, 1.82) is 0 Å². The van der Waals surface area contributed by atoms with Crippen molar-refractivity contribution in [2.45, 2.75) is 24.9 Å². The summed E-state index contributed by atoms with van der Waals surface area (Å²) >= 11 is 3.07. The second-order valence-electron chi connectivity index (χ2n) is 7.03. The van der Waals surface area contributed by atoms with Gasteiger partial charge in [0.25, 0.3) is 5.91 Å². The number of hydrogen-bond acceptors (Lipinski definition) is 3. The number of carbonyl (C=O) groups is 1. The van der Waals surface area contributed by atoms with Crippen molar-refractivity contribution in [2.24, 2.45) is 0 Å². The monoisotopic (exact) mass is 514 g/mol. The fourth-order valence-corrected chi connectivity index (χ4v) is 4.27. The number of aromatic nitrogens is 1. The molecule has 0 aliphatic heterocycles. The van der Waals surface area contributed by atoms with Gasteiger partial charge in [-0.25, -0.2) is 8.42 Å². The molecule has 0 aliphatic carbocycles. The topological polar surface area (TPSA) is 68.2 Å². The molecule has 3 aromatic rings. The Bertz CT molecular complexity index is 1260. The highest BCUT2D eigenvalue weighted by Crippen LogP contribution is 2.37. The first-order valence-corrected chi connectivity index (χ1v) is 11.6. The third-order valence-corrected chi connectivity index (χ3v) is 6.34. The lowest BCUT2D eigenvalue weighted by Crippen LogP contribution is -2.15. The molecular weight excluding hydrogens is 497 g/mol. The SMILES string of the molecule is Cc1cc(C(=O)Nc2ccc(S(C)(=O)=O)cc2)c(C)n1-c1ccc(Br)cc1C(F)(F)F. The van der Waals surface area contributed by atoms with Gasteiger partial charge in [0.2, 0.25) is 0 Å². The first-order chi connectivity index (χ1) is 14.3. The molecule has 10 heteroatoms. The summed E-state index contributed by atoms with van der Waals surface area (Å²) in [5, 5.41) is 2.65. The zero-order valence-electron chi connectivity index (χ0n) is 16.7. The van der Waals surface area contributed by atoms with Crippen molar-refractivity contribution >= 4 is 37.4 Å². The minimum atomic E-state index is -4.58. The summed E-state index contributed by atoms with van der Waals surface area (Å²) in [4.78, 5) is 12.9. The minimum Gasteiger partial charge on any atom is -0.322 e. The first kappa shape index (κ1) is 23.1. The van der Waals surface area contributed by atoms with E-state index in [9.17, 15) is 26.4 Å². The van der Waals surface area contributed by atoms with E-state index in [1.54, 1.807) is 13.8 Å². The Hall–Kier alpha value is -2.59. The predicted molar refractivity (Wildman–Crippen MR) is 115 cm³/mol. The van der Waals surface area contributed by atoms with Crippen LogP contribution in [0.4, 0.5) is 18.9 Å². The number of halogens is 4. The number of benzene rings is 2. The van der Waals surface area contributed by atoms with E-state index in [2.05, 4.69) is 21.2 Å². The van der Waals surface area contributed by atoms with Gasteiger partial charge in [-0.05, 0) is 62.4 Å². The smallest absolute Gasteiger partial charge is 0.322 e. The molecule has 0 saturated carbocycles. The van der Waals surface area contributed by atoms with Gasteiger partial charge in [-0.3, -0.25) is 4.79 Å². The Labute approximate surface area is 185 Å². The molecule has 0 bridgehead atoms. The average molecular weight is 515 g/mol. The summed E-state index contributed by atoms with van der Waals surface area (Å²) in [6.45, 7) is 3.18. The molecule has 1 aromatic heterocycles. The van der Waals surface area contributed by atoms with Crippen molar-refractivity contribution in [3.05, 3.63) is 75.5 Å². The van der Waals surface area contributed by atoms with Crippen LogP contribution in [0, 0.1) is 13.8 Å². The van der Waals surface area contributed by atoms with E-state index in [0.717, 1.165) is 12.3 Å². The second kappa shape index (κ2) is 8.16. The number of nitrogens with one attached hydrogen (secondary N) is 1. The quantitative estimate of drug-likeness (QED) is 0.497. The van der Waals surface area contributed by atoms with Gasteiger partial charge in [-0.1, -0.05) is 15.9 Å². The van der Waals surface area contributed by atoms with Crippen molar-refractivity contribution in [2.75, 3.05) is 11.6 Å². The zero-order chi connectivity index (χ0) is 23.1. The molecule has 0 aliphatic rings. The number of sulfone groups is 1. The number of nitrogens with zero attached hydrogens (tertiary/aromatic N) is 1. The van der Waals surface area contributed by atoms with Crippen LogP contribution in [0.25, 0.3) is 5.69 Å². The van der Waals surface area contributed by atoms with Gasteiger partial charge >= 0.3 is 6.18 Å². The molecule has 0 unspecified atom stereocenters. The van der Waals surface area contributed by atoms with Gasteiger partial charge in [-0.2, -0.15) is 13.2 Å². The van der Waals surface area contributed by atoms with E-state index in [1.165, 1.54) is 47.0 Å². The molecule has 1 amide bonds. The normalized spacial score (nSPS) is 12.1. The lowest BCUT2D eigenvalue weighted by atomic mass is 10.1. The second-order valence-corrected chi connectivity index (χ2v) is 9.96. The molecule has 31 heavy (non-hydrogen) atoms. The standard InChI is InChI=1S/C21H18BrF3N2O3S/c1-12-10-17(20(28)26-15-5-7-16(8-6-15)31(3,29)30)13(2)27(12)19-9-4-14(22)11-18(19)21(23,24)25/h4-11H,1-3H3,(H,26,28). The van der Waals surface area contributed by atoms with E-state index in [0.29, 0.717) is 21.5 Å². The Kier molecular flexibility index (Phi) is 6.07. The number of alkyl halides is 3. The van der Waals surface area contributed by atoms with E-state index in [-0.39, 0.29) is 16.1 Å². The summed E-state index contributed by atoms with van der Waals surface area (Å²) in [5.41, 5.74) is 0.468. The lowest BCUT2D eigenvalue weighted by Gasteiger charge is -2.17. The summed E-state index contributed by atoms with van der Waals surface area (Å²) < 4.78 is 65.6. The highest BCUT2D eigenvalue weighted by atomic mass is 79.9. The van der Waals surface area contributed by atoms with E-state index in [1.807, 2.05) is 0 Å². The Morgan fingerprint density at radius 3 is 2.19 bits per heavy atom. The van der Waals surface area contributed by atoms with E-state index in [4.69, 9.17) is 0 Å². The van der Waals surface area contributed by atoms with E-state index >= 15 is 0 Å². The van der Waals surface area contributed by atoms with Gasteiger partial charge in [0.15, 0.2) is 9.84 Å². The van der Waals surface area contributed by atoms with Crippen molar-refractivity contribution in [3.8, 4) is 5.69 Å². The van der Waals surface area contributed by atoms with Gasteiger partial charge in [0.05, 0.1) is 21.7 Å². The lowest BCUT2D eigenvalue weighted by molar-refractivity contribution is -0.137. The van der Waals surface area contributed by atoms with Crippen LogP contribution in [-0.4, -0.2) is 25.1 Å². The van der Waals surface area contributed by atoms with Crippen LogP contribution in [0.15, 0.2) is 57.9 Å². The fraction of sp³-hybridized carbons (Fsp3) is 0.190. The van der Waals surface area contributed by atoms with Crippen LogP contribution in [-0.2, 0) is 16.0 Å². The number of aryl methyl sites for hydroxylation is 1. The maximum atomic E-state index is 13.6. The Morgan fingerprint density at radius 1 is 1.03 bits per heavy atom. The minimum absolute atomic E-state index is 0.0812. The van der Waals surface area contributed by atoms with Gasteiger partial charge in [-0.15, -0.1) is 0 Å². The third kappa shape index (κ3) is 4.85. The van der Waals surface area contributed by atoms with Crippen molar-refractivity contribution in [3.63, 3.8) is 0 Å². The number of rotatable bonds is 4. The van der Waals surface area contributed by atoms with Crippen molar-refractivity contribution < 1.29 is 26.4 Å². The predicted octanol–water partition coefficient (Wildman–Crippen LogP) is 5.53. The van der Waals surface area contributed by atoms with Crippen LogP contribution in [0.2, 0.25) is 0 Å². The molecule has 3 rings (SSSR count). The maximum Gasteiger partial charge on any atom is 0.418 e. The molecule has 164 valence electrons. The molecule has 0 atom stereocenters. The molecule has 5 nitrogen and oxygen atoms in total. The summed E-state index contributed by atoms with van der Waals surface area (Å²) in [5.74, 6) is -0.517. The highest BCUT2D eigenvalue weighted by molar-refractivity contribution is 9.10. The Balaban J connectivity index is 1.98. The number of amides is 1. The average Bonchev–Trinajstić information content (AvgIpc) is 2.95. The largest absolute Gasteiger partial charge is 0.418 e. The molecule has 0 saturated heterocycles. The Morgan fingerprint density at radius 2 is 1.65 bits per heavy atom. The molecule has 0 fully saturated rings. The van der Waals surface area contributed by atoms with Crippen LogP contribution in [0.1, 0.15) is 27.3 Å². The van der Waals surface area contributed by atoms with Crippen molar-refractivity contribution in [1.82, 2.24) is 4.57 Å². The molecule has 1 heterocycles. The first-order valence-electron chi connectivity index (χ1n) is 8.96. The number of hydrogen-bond donors (Lipinski definition) is 1. The highest BCUT2D eigenvalue weighted by Gasteiger charge is 2.35. The van der Waals surface area contributed by atoms with Crippen LogP contribution >= 0.6 is 15.9 Å². The fourth-order valence-electron chi connectivity index (χ4n) is 3.28. The van der Waals surface area contributed by atoms with Gasteiger partial charge < -0.3 is 9.88 Å². The zero-order valence-corrected chi connectivity index (χ0v) is 19.1. The van der Waals surface area contributed by atoms with Crippen LogP contribution < -0.4 is 5.32 Å². The molecule has 1 N–H and O–H groups in total. The maximum absolute atomic E-state index is 13.6. The molecule has 0 radical (unpaired) electrons. The number of carbonyl (C=O) groups excluding carboxylic acids is 1. The van der Waals surface area contributed by atoms with Gasteiger partial charge in [0, 0.05) is 27.8 Å². The summed E-state index contributed by atoms with van der Waals surface area (Å²) in [7, 11) is -3.37. The van der Waals surface area contributed by atoms with E-state index < -0.39 is 27.5 Å². The summed E-state index contributed by atoms with van der Waals surface area (Å²) in [6.07, 6.45) is -3.50.